The molecule has 0 unspecified atom stereocenters. The predicted molar refractivity (Wildman–Crippen MR) is 120 cm³/mol. The summed E-state index contributed by atoms with van der Waals surface area (Å²) < 4.78 is 1.05. The second-order valence-electron chi connectivity index (χ2n) is 8.23. The van der Waals surface area contributed by atoms with E-state index in [-0.39, 0.29) is 0 Å². The highest BCUT2D eigenvalue weighted by Gasteiger charge is 2.37. The fraction of sp³-hybridized carbons (Fsp3) is 0.435. The molecule has 0 saturated carbocycles. The third-order valence-electron chi connectivity index (χ3n) is 4.85. The molecule has 0 aromatic heterocycles. The van der Waals surface area contributed by atoms with Crippen molar-refractivity contribution in [3.63, 3.8) is 0 Å². The summed E-state index contributed by atoms with van der Waals surface area (Å²) in [5.74, 6) is 0. The number of aliphatic hydroxyl groups is 1. The first-order valence-corrected chi connectivity index (χ1v) is 10.7. The Bertz CT molecular complexity index is 760. The topological polar surface area (TPSA) is 72.8 Å². The maximum Gasteiger partial charge on any atom is 0.408 e. The Morgan fingerprint density at radius 1 is 1.07 bits per heavy atom. The Morgan fingerprint density at radius 2 is 1.69 bits per heavy atom. The molecule has 0 spiro atoms. The molecule has 0 aliphatic carbocycles. The minimum absolute atomic E-state index is 0.327. The van der Waals surface area contributed by atoms with Gasteiger partial charge in [-0.2, -0.15) is 0 Å². The summed E-state index contributed by atoms with van der Waals surface area (Å²) in [5, 5.41) is 24.0. The van der Waals surface area contributed by atoms with E-state index in [2.05, 4.69) is 33.4 Å². The quantitative estimate of drug-likeness (QED) is 0.484. The van der Waals surface area contributed by atoms with Crippen LogP contribution in [0.2, 0.25) is 0 Å². The molecular weight excluding hydrogens is 432 g/mol. The predicted octanol–water partition coefficient (Wildman–Crippen LogP) is 4.33. The molecule has 3 N–H and O–H groups in total. The molecule has 0 aliphatic heterocycles. The molecule has 1 amide bonds. The molecule has 2 aromatic rings. The van der Waals surface area contributed by atoms with Crippen LogP contribution in [-0.2, 0) is 12.8 Å². The summed E-state index contributed by atoms with van der Waals surface area (Å²) in [6.45, 7) is 6.60. The zero-order valence-electron chi connectivity index (χ0n) is 17.3. The SMILES string of the molecule is CC(C)(C)N(C(=O)O)[C@@H](Cc1ccccc1)[C@H](O)CNCCc1ccc(Br)cc1. The smallest absolute Gasteiger partial charge is 0.408 e. The van der Waals surface area contributed by atoms with Gasteiger partial charge in [0, 0.05) is 16.6 Å². The van der Waals surface area contributed by atoms with Crippen LogP contribution in [0.15, 0.2) is 59.1 Å². The normalized spacial score (nSPS) is 13.7. The van der Waals surface area contributed by atoms with Crippen LogP contribution in [0.1, 0.15) is 31.9 Å². The zero-order valence-corrected chi connectivity index (χ0v) is 18.9. The number of halogens is 1. The first-order chi connectivity index (χ1) is 13.7. The van der Waals surface area contributed by atoms with Crippen LogP contribution in [0, 0.1) is 0 Å². The molecule has 6 heteroatoms. The monoisotopic (exact) mass is 462 g/mol. The van der Waals surface area contributed by atoms with Gasteiger partial charge in [0.15, 0.2) is 0 Å². The van der Waals surface area contributed by atoms with E-state index >= 15 is 0 Å². The van der Waals surface area contributed by atoms with Crippen LogP contribution < -0.4 is 5.32 Å². The van der Waals surface area contributed by atoms with Crippen molar-refractivity contribution in [3.05, 3.63) is 70.2 Å². The number of aliphatic hydroxyl groups excluding tert-OH is 1. The summed E-state index contributed by atoms with van der Waals surface area (Å²) in [6.07, 6.45) is -0.548. The summed E-state index contributed by atoms with van der Waals surface area (Å²) >= 11 is 3.43. The fourth-order valence-corrected chi connectivity index (χ4v) is 3.72. The first-order valence-electron chi connectivity index (χ1n) is 9.88. The minimum atomic E-state index is -1.02. The van der Waals surface area contributed by atoms with Gasteiger partial charge in [0.1, 0.15) is 0 Å². The standard InChI is InChI=1S/C23H31BrN2O3/c1-23(2,3)26(22(28)29)20(15-18-7-5-4-6-8-18)21(27)16-25-14-13-17-9-11-19(24)12-10-17/h4-12,20-21,25,27H,13-16H2,1-3H3,(H,28,29)/t20-,21+/m0/s1. The average molecular weight is 463 g/mol. The van der Waals surface area contributed by atoms with Gasteiger partial charge >= 0.3 is 6.09 Å². The zero-order chi connectivity index (χ0) is 21.4. The van der Waals surface area contributed by atoms with Crippen molar-refractivity contribution in [2.24, 2.45) is 0 Å². The number of benzene rings is 2. The summed E-state index contributed by atoms with van der Waals surface area (Å²) in [5.41, 5.74) is 1.59. The largest absolute Gasteiger partial charge is 0.465 e. The Balaban J connectivity index is 2.03. The summed E-state index contributed by atoms with van der Waals surface area (Å²) in [4.78, 5) is 13.4. The molecule has 2 rings (SSSR count). The minimum Gasteiger partial charge on any atom is -0.465 e. The van der Waals surface area contributed by atoms with Crippen LogP contribution in [0.5, 0.6) is 0 Å². The summed E-state index contributed by atoms with van der Waals surface area (Å²) in [7, 11) is 0. The maximum atomic E-state index is 12.0. The van der Waals surface area contributed by atoms with Crippen LogP contribution in [-0.4, -0.2) is 52.0 Å². The van der Waals surface area contributed by atoms with Gasteiger partial charge in [0.2, 0.25) is 0 Å². The lowest BCUT2D eigenvalue weighted by molar-refractivity contribution is 0.00792. The van der Waals surface area contributed by atoms with Gasteiger partial charge in [-0.25, -0.2) is 4.79 Å². The first kappa shape index (κ1) is 23.4. The fourth-order valence-electron chi connectivity index (χ4n) is 3.45. The van der Waals surface area contributed by atoms with Crippen LogP contribution in [0.4, 0.5) is 4.79 Å². The second kappa shape index (κ2) is 10.8. The Labute approximate surface area is 181 Å². The molecule has 0 aliphatic rings. The van der Waals surface area contributed by atoms with Crippen molar-refractivity contribution >= 4 is 22.0 Å². The van der Waals surface area contributed by atoms with E-state index in [1.54, 1.807) is 0 Å². The van der Waals surface area contributed by atoms with Crippen molar-refractivity contribution < 1.29 is 15.0 Å². The Morgan fingerprint density at radius 3 is 2.24 bits per heavy atom. The van der Waals surface area contributed by atoms with Gasteiger partial charge in [-0.3, -0.25) is 4.90 Å². The van der Waals surface area contributed by atoms with Crippen LogP contribution >= 0.6 is 15.9 Å². The molecule has 5 nitrogen and oxygen atoms in total. The molecule has 0 heterocycles. The molecule has 0 radical (unpaired) electrons. The van der Waals surface area contributed by atoms with Gasteiger partial charge in [0.25, 0.3) is 0 Å². The number of nitrogens with one attached hydrogen (secondary N) is 1. The molecule has 158 valence electrons. The van der Waals surface area contributed by atoms with E-state index in [0.29, 0.717) is 19.5 Å². The van der Waals surface area contributed by atoms with E-state index in [1.165, 1.54) is 10.5 Å². The van der Waals surface area contributed by atoms with Crippen molar-refractivity contribution in [2.75, 3.05) is 13.1 Å². The van der Waals surface area contributed by atoms with E-state index < -0.39 is 23.8 Å². The molecule has 29 heavy (non-hydrogen) atoms. The van der Waals surface area contributed by atoms with Crippen LogP contribution in [0.3, 0.4) is 0 Å². The van der Waals surface area contributed by atoms with Crippen molar-refractivity contribution in [1.29, 1.82) is 0 Å². The Kier molecular flexibility index (Phi) is 8.68. The Hall–Kier alpha value is -1.89. The maximum absolute atomic E-state index is 12.0. The molecule has 0 saturated heterocycles. The number of carbonyl (C=O) groups is 1. The van der Waals surface area contributed by atoms with Crippen molar-refractivity contribution in [2.45, 2.75) is 51.3 Å². The molecule has 0 bridgehead atoms. The number of hydrogen-bond acceptors (Lipinski definition) is 3. The van der Waals surface area contributed by atoms with Gasteiger partial charge in [-0.05, 0) is 63.4 Å². The number of nitrogens with zero attached hydrogens (tertiary/aromatic N) is 1. The number of carboxylic acid groups (broad SMARTS) is 1. The second-order valence-corrected chi connectivity index (χ2v) is 9.14. The highest BCUT2D eigenvalue weighted by Crippen LogP contribution is 2.22. The highest BCUT2D eigenvalue weighted by atomic mass is 79.9. The van der Waals surface area contributed by atoms with Gasteiger partial charge in [-0.1, -0.05) is 58.4 Å². The lowest BCUT2D eigenvalue weighted by Crippen LogP contribution is -2.58. The molecular formula is C23H31BrN2O3. The molecule has 0 fully saturated rings. The van der Waals surface area contributed by atoms with E-state index in [9.17, 15) is 15.0 Å². The lowest BCUT2D eigenvalue weighted by atomic mass is 9.94. The number of rotatable bonds is 9. The molecule has 2 aromatic carbocycles. The van der Waals surface area contributed by atoms with Gasteiger partial charge in [-0.15, -0.1) is 0 Å². The van der Waals surface area contributed by atoms with E-state index in [4.69, 9.17) is 0 Å². The third kappa shape index (κ3) is 7.46. The van der Waals surface area contributed by atoms with E-state index in [0.717, 1.165) is 16.5 Å². The van der Waals surface area contributed by atoms with Gasteiger partial charge in [0.05, 0.1) is 12.1 Å². The average Bonchev–Trinajstić information content (AvgIpc) is 2.65. The molecule has 2 atom stereocenters. The summed E-state index contributed by atoms with van der Waals surface area (Å²) in [6, 6.07) is 17.3. The number of hydrogen-bond donors (Lipinski definition) is 3. The van der Waals surface area contributed by atoms with Crippen molar-refractivity contribution in [3.8, 4) is 0 Å². The highest BCUT2D eigenvalue weighted by molar-refractivity contribution is 9.10. The van der Waals surface area contributed by atoms with Gasteiger partial charge < -0.3 is 15.5 Å². The van der Waals surface area contributed by atoms with Crippen LogP contribution in [0.25, 0.3) is 0 Å². The van der Waals surface area contributed by atoms with Crippen molar-refractivity contribution in [1.82, 2.24) is 10.2 Å². The third-order valence-corrected chi connectivity index (χ3v) is 5.38. The lowest BCUT2D eigenvalue weighted by Gasteiger charge is -2.42. The van der Waals surface area contributed by atoms with E-state index in [1.807, 2.05) is 63.2 Å². The number of amides is 1.